The van der Waals surface area contributed by atoms with Crippen molar-refractivity contribution in [3.63, 3.8) is 0 Å². The molecule has 0 atom stereocenters. The van der Waals surface area contributed by atoms with Crippen molar-refractivity contribution < 1.29 is 18.3 Å². The number of imidazole rings is 1. The zero-order chi connectivity index (χ0) is 25.3. The van der Waals surface area contributed by atoms with Crippen molar-refractivity contribution in [1.82, 2.24) is 13.7 Å². The maximum absolute atomic E-state index is 12.9. The van der Waals surface area contributed by atoms with Crippen LogP contribution in [0.2, 0.25) is 5.02 Å². The number of hydrogen-bond acceptors (Lipinski definition) is 6. The quantitative estimate of drug-likeness (QED) is 0.394. The molecule has 1 N–H and O–H groups in total. The van der Waals surface area contributed by atoms with Crippen LogP contribution >= 0.6 is 11.6 Å². The summed E-state index contributed by atoms with van der Waals surface area (Å²) in [6, 6.07) is 16.7. The number of benzene rings is 2. The second-order valence-electron chi connectivity index (χ2n) is 8.71. The average molecular weight is 527 g/mol. The number of methoxy groups -OCH3 is 1. The summed E-state index contributed by atoms with van der Waals surface area (Å²) in [7, 11) is -1.83. The Labute approximate surface area is 215 Å². The normalized spacial score (nSPS) is 14.9. The maximum atomic E-state index is 12.9. The lowest BCUT2D eigenvalue weighted by molar-refractivity contribution is 0.281. The molecular formula is C26H27ClN4O4S. The third-order valence-electron chi connectivity index (χ3n) is 6.46. The van der Waals surface area contributed by atoms with E-state index in [2.05, 4.69) is 4.90 Å². The van der Waals surface area contributed by atoms with Gasteiger partial charge in [-0.25, -0.2) is 13.4 Å². The first-order valence-corrected chi connectivity index (χ1v) is 13.6. The first-order valence-electron chi connectivity index (χ1n) is 11.6. The SMILES string of the molecule is COc1cc(CO)c(-c2cn3ccc(N4CCN(S(=O)(=O)Cc5ccccc5)CC4)cc3n2)cc1Cl. The Kier molecular flexibility index (Phi) is 6.90. The molecule has 0 spiro atoms. The zero-order valence-corrected chi connectivity index (χ0v) is 21.4. The number of sulfonamides is 1. The highest BCUT2D eigenvalue weighted by Crippen LogP contribution is 2.34. The summed E-state index contributed by atoms with van der Waals surface area (Å²) in [6.07, 6.45) is 3.83. The van der Waals surface area contributed by atoms with E-state index < -0.39 is 10.0 Å². The summed E-state index contributed by atoms with van der Waals surface area (Å²) in [5.41, 5.74) is 4.63. The molecule has 1 saturated heterocycles. The summed E-state index contributed by atoms with van der Waals surface area (Å²) >= 11 is 6.33. The van der Waals surface area contributed by atoms with Gasteiger partial charge in [0.1, 0.15) is 11.4 Å². The minimum absolute atomic E-state index is 0.0157. The molecule has 3 heterocycles. The van der Waals surface area contributed by atoms with Gasteiger partial charge in [0.2, 0.25) is 10.0 Å². The zero-order valence-electron chi connectivity index (χ0n) is 19.8. The van der Waals surface area contributed by atoms with Gasteiger partial charge in [-0.1, -0.05) is 41.9 Å². The molecule has 8 nitrogen and oxygen atoms in total. The number of anilines is 1. The monoisotopic (exact) mass is 526 g/mol. The van der Waals surface area contributed by atoms with Crippen LogP contribution in [-0.4, -0.2) is 60.5 Å². The second kappa shape index (κ2) is 10.1. The van der Waals surface area contributed by atoms with Crippen molar-refractivity contribution in [2.24, 2.45) is 0 Å². The lowest BCUT2D eigenvalue weighted by atomic mass is 10.1. The molecule has 0 bridgehead atoms. The van der Waals surface area contributed by atoms with Crippen molar-refractivity contribution in [1.29, 1.82) is 0 Å². The number of nitrogens with zero attached hydrogens (tertiary/aromatic N) is 4. The van der Waals surface area contributed by atoms with E-state index in [1.165, 1.54) is 7.11 Å². The third-order valence-corrected chi connectivity index (χ3v) is 8.60. The smallest absolute Gasteiger partial charge is 0.218 e. The van der Waals surface area contributed by atoms with Gasteiger partial charge in [-0.15, -0.1) is 0 Å². The van der Waals surface area contributed by atoms with Crippen LogP contribution in [0.3, 0.4) is 0 Å². The molecule has 0 radical (unpaired) electrons. The lowest BCUT2D eigenvalue weighted by Crippen LogP contribution is -2.49. The number of hydrogen-bond donors (Lipinski definition) is 1. The maximum Gasteiger partial charge on any atom is 0.218 e. The first-order chi connectivity index (χ1) is 17.4. The lowest BCUT2D eigenvalue weighted by Gasteiger charge is -2.35. The molecule has 1 fully saturated rings. The van der Waals surface area contributed by atoms with Gasteiger partial charge in [0.15, 0.2) is 0 Å². The third kappa shape index (κ3) is 4.92. The predicted octanol–water partition coefficient (Wildman–Crippen LogP) is 3.81. The fourth-order valence-corrected chi connectivity index (χ4v) is 6.28. The van der Waals surface area contributed by atoms with E-state index in [1.54, 1.807) is 16.4 Å². The summed E-state index contributed by atoms with van der Waals surface area (Å²) in [5.74, 6) is 0.516. The molecule has 0 amide bonds. The average Bonchev–Trinajstić information content (AvgIpc) is 3.32. The minimum atomic E-state index is -3.37. The van der Waals surface area contributed by atoms with Gasteiger partial charge in [-0.2, -0.15) is 4.31 Å². The number of pyridine rings is 1. The molecule has 0 saturated carbocycles. The Morgan fingerprint density at radius 2 is 1.81 bits per heavy atom. The second-order valence-corrected chi connectivity index (χ2v) is 11.1. The topological polar surface area (TPSA) is 87.4 Å². The Balaban J connectivity index is 1.33. The van der Waals surface area contributed by atoms with Gasteiger partial charge < -0.3 is 19.1 Å². The van der Waals surface area contributed by atoms with Gasteiger partial charge >= 0.3 is 0 Å². The highest BCUT2D eigenvalue weighted by atomic mass is 35.5. The van der Waals surface area contributed by atoms with E-state index in [4.69, 9.17) is 21.3 Å². The van der Waals surface area contributed by atoms with Crippen LogP contribution in [0.5, 0.6) is 5.75 Å². The molecule has 1 aliphatic heterocycles. The molecule has 2 aromatic carbocycles. The van der Waals surface area contributed by atoms with Crippen LogP contribution in [0.25, 0.3) is 16.9 Å². The minimum Gasteiger partial charge on any atom is -0.495 e. The summed E-state index contributed by atoms with van der Waals surface area (Å²) in [6.45, 7) is 1.90. The van der Waals surface area contributed by atoms with Crippen LogP contribution in [0, 0.1) is 0 Å². The number of aliphatic hydroxyl groups is 1. The van der Waals surface area contributed by atoms with E-state index in [-0.39, 0.29) is 12.4 Å². The van der Waals surface area contributed by atoms with E-state index in [1.807, 2.05) is 59.3 Å². The fraction of sp³-hybridized carbons (Fsp3) is 0.269. The van der Waals surface area contributed by atoms with Crippen molar-refractivity contribution in [3.8, 4) is 17.0 Å². The van der Waals surface area contributed by atoms with E-state index in [0.29, 0.717) is 48.2 Å². The molecule has 4 aromatic rings. The molecule has 10 heteroatoms. The van der Waals surface area contributed by atoms with Gasteiger partial charge in [-0.05, 0) is 29.3 Å². The van der Waals surface area contributed by atoms with Crippen molar-refractivity contribution in [3.05, 3.63) is 83.1 Å². The molecule has 0 unspecified atom stereocenters. The molecule has 188 valence electrons. The van der Waals surface area contributed by atoms with Crippen LogP contribution in [0.4, 0.5) is 5.69 Å². The Hall–Kier alpha value is -3.11. The van der Waals surface area contributed by atoms with Crippen LogP contribution in [0.1, 0.15) is 11.1 Å². The van der Waals surface area contributed by atoms with Crippen molar-refractivity contribution >= 4 is 33.0 Å². The van der Waals surface area contributed by atoms with E-state index in [9.17, 15) is 13.5 Å². The first kappa shape index (κ1) is 24.6. The molecule has 2 aromatic heterocycles. The summed E-state index contributed by atoms with van der Waals surface area (Å²) < 4.78 is 34.5. The molecule has 1 aliphatic rings. The van der Waals surface area contributed by atoms with Crippen LogP contribution in [0.15, 0.2) is 67.0 Å². The van der Waals surface area contributed by atoms with Gasteiger partial charge in [0.05, 0.1) is 30.2 Å². The van der Waals surface area contributed by atoms with Crippen LogP contribution < -0.4 is 9.64 Å². The molecule has 5 rings (SSSR count). The summed E-state index contributed by atoms with van der Waals surface area (Å²) in [4.78, 5) is 6.94. The van der Waals surface area contributed by atoms with Gasteiger partial charge in [0, 0.05) is 55.9 Å². The number of rotatable bonds is 7. The van der Waals surface area contributed by atoms with Crippen molar-refractivity contribution in [2.45, 2.75) is 12.4 Å². The number of aromatic nitrogens is 2. The highest BCUT2D eigenvalue weighted by molar-refractivity contribution is 7.88. The fourth-order valence-electron chi connectivity index (χ4n) is 4.52. The van der Waals surface area contributed by atoms with Gasteiger partial charge in [0.25, 0.3) is 0 Å². The largest absolute Gasteiger partial charge is 0.495 e. The molecular weight excluding hydrogens is 500 g/mol. The number of fused-ring (bicyclic) bond motifs is 1. The Morgan fingerprint density at radius 3 is 2.50 bits per heavy atom. The highest BCUT2D eigenvalue weighted by Gasteiger charge is 2.27. The predicted molar refractivity (Wildman–Crippen MR) is 141 cm³/mol. The number of halogens is 1. The van der Waals surface area contributed by atoms with Crippen LogP contribution in [-0.2, 0) is 22.4 Å². The Bertz CT molecular complexity index is 1480. The van der Waals surface area contributed by atoms with Gasteiger partial charge in [-0.3, -0.25) is 0 Å². The Morgan fingerprint density at radius 1 is 1.06 bits per heavy atom. The standard InChI is InChI=1S/C26H27ClN4O4S/c1-35-25-13-20(17-32)22(15-23(25)27)24-16-30-8-7-21(14-26(30)28-24)29-9-11-31(12-10-29)36(33,34)18-19-5-3-2-4-6-19/h2-8,13-16,32H,9-12,17-18H2,1H3. The van der Waals surface area contributed by atoms with E-state index in [0.717, 1.165) is 22.5 Å². The molecule has 0 aliphatic carbocycles. The number of aliphatic hydroxyl groups excluding tert-OH is 1. The van der Waals surface area contributed by atoms with E-state index >= 15 is 0 Å². The number of ether oxygens (including phenoxy) is 1. The number of piperazine rings is 1. The van der Waals surface area contributed by atoms with Crippen molar-refractivity contribution in [2.75, 3.05) is 38.2 Å². The molecule has 36 heavy (non-hydrogen) atoms. The summed E-state index contributed by atoms with van der Waals surface area (Å²) in [5, 5.41) is 10.3.